The summed E-state index contributed by atoms with van der Waals surface area (Å²) in [5, 5.41) is 0. The van der Waals surface area contributed by atoms with Gasteiger partial charge in [0.05, 0.1) is 4.47 Å². The summed E-state index contributed by atoms with van der Waals surface area (Å²) in [6.45, 7) is 0. The lowest BCUT2D eigenvalue weighted by Crippen LogP contribution is -2.43. The molecule has 0 spiro atoms. The molecular weight excluding hydrogens is 311 g/mol. The lowest BCUT2D eigenvalue weighted by molar-refractivity contribution is -0.144. The molecule has 104 valence electrons. The molecule has 2 rings (SSSR count). The maximum absolute atomic E-state index is 13.2. The summed E-state index contributed by atoms with van der Waals surface area (Å²) >= 11 is 3.14. The fourth-order valence-electron chi connectivity index (χ4n) is 2.72. The number of carbonyl (C=O) groups excluding carboxylic acids is 1. The molecule has 0 atom stereocenters. The molecule has 0 aliphatic heterocycles. The van der Waals surface area contributed by atoms with Gasteiger partial charge in [0.15, 0.2) is 5.78 Å². The van der Waals surface area contributed by atoms with E-state index in [-0.39, 0.29) is 11.6 Å². The summed E-state index contributed by atoms with van der Waals surface area (Å²) in [7, 11) is 1.61. The van der Waals surface area contributed by atoms with Gasteiger partial charge in [0.1, 0.15) is 11.4 Å². The van der Waals surface area contributed by atoms with Gasteiger partial charge in [-0.2, -0.15) is 0 Å². The second kappa shape index (κ2) is 6.14. The first-order chi connectivity index (χ1) is 9.07. The Labute approximate surface area is 121 Å². The standard InChI is InChI=1S/C15H18BrFO2/c1-19-15(7-3-2-4-8-15)14(18)10-11-5-6-13(17)12(16)9-11/h5-6,9H,2-4,7-8,10H2,1H3. The van der Waals surface area contributed by atoms with Crippen molar-refractivity contribution in [3.8, 4) is 0 Å². The Kier molecular flexibility index (Phi) is 4.74. The van der Waals surface area contributed by atoms with Gasteiger partial charge in [0.25, 0.3) is 0 Å². The number of halogens is 2. The molecule has 1 aliphatic rings. The van der Waals surface area contributed by atoms with Crippen molar-refractivity contribution < 1.29 is 13.9 Å². The van der Waals surface area contributed by atoms with Gasteiger partial charge in [0.2, 0.25) is 0 Å². The highest BCUT2D eigenvalue weighted by molar-refractivity contribution is 9.10. The van der Waals surface area contributed by atoms with Gasteiger partial charge in [-0.05, 0) is 46.5 Å². The van der Waals surface area contributed by atoms with E-state index >= 15 is 0 Å². The predicted molar refractivity (Wildman–Crippen MR) is 75.6 cm³/mol. The monoisotopic (exact) mass is 328 g/mol. The van der Waals surface area contributed by atoms with Crippen LogP contribution in [0.3, 0.4) is 0 Å². The van der Waals surface area contributed by atoms with E-state index in [1.807, 2.05) is 0 Å². The molecule has 2 nitrogen and oxygen atoms in total. The minimum atomic E-state index is -0.626. The maximum Gasteiger partial charge on any atom is 0.168 e. The van der Waals surface area contributed by atoms with E-state index in [1.54, 1.807) is 19.2 Å². The summed E-state index contributed by atoms with van der Waals surface area (Å²) in [4.78, 5) is 12.5. The Morgan fingerprint density at radius 2 is 2.05 bits per heavy atom. The molecule has 1 aliphatic carbocycles. The van der Waals surface area contributed by atoms with Crippen LogP contribution in [0.1, 0.15) is 37.7 Å². The van der Waals surface area contributed by atoms with Gasteiger partial charge in [-0.3, -0.25) is 4.79 Å². The van der Waals surface area contributed by atoms with Crippen LogP contribution in [-0.2, 0) is 16.0 Å². The van der Waals surface area contributed by atoms with E-state index in [1.165, 1.54) is 12.5 Å². The molecule has 0 radical (unpaired) electrons. The normalized spacial score (nSPS) is 18.3. The number of methoxy groups -OCH3 is 1. The van der Waals surface area contributed by atoms with Crippen molar-refractivity contribution >= 4 is 21.7 Å². The number of benzene rings is 1. The minimum Gasteiger partial charge on any atom is -0.370 e. The van der Waals surface area contributed by atoms with Crippen molar-refractivity contribution in [1.29, 1.82) is 0 Å². The molecule has 0 saturated heterocycles. The van der Waals surface area contributed by atoms with E-state index in [0.717, 1.165) is 31.2 Å². The molecule has 0 heterocycles. The molecular formula is C15H18BrFO2. The van der Waals surface area contributed by atoms with E-state index in [4.69, 9.17) is 4.74 Å². The van der Waals surface area contributed by atoms with Gasteiger partial charge in [0, 0.05) is 13.5 Å². The number of carbonyl (C=O) groups is 1. The first kappa shape index (κ1) is 14.7. The third-order valence-electron chi connectivity index (χ3n) is 3.91. The summed E-state index contributed by atoms with van der Waals surface area (Å²) in [6, 6.07) is 4.71. The molecule has 19 heavy (non-hydrogen) atoms. The summed E-state index contributed by atoms with van der Waals surface area (Å²) < 4.78 is 19.1. The fourth-order valence-corrected chi connectivity index (χ4v) is 3.14. The molecule has 0 aromatic heterocycles. The fraction of sp³-hybridized carbons (Fsp3) is 0.533. The Hall–Kier alpha value is -0.740. The SMILES string of the molecule is COC1(C(=O)Cc2ccc(F)c(Br)c2)CCCCC1. The number of hydrogen-bond donors (Lipinski definition) is 0. The van der Waals surface area contributed by atoms with Crippen molar-refractivity contribution in [1.82, 2.24) is 0 Å². The van der Waals surface area contributed by atoms with Crippen molar-refractivity contribution in [2.75, 3.05) is 7.11 Å². The number of ketones is 1. The second-order valence-corrected chi connectivity index (χ2v) is 5.96. The van der Waals surface area contributed by atoms with Gasteiger partial charge >= 0.3 is 0 Å². The zero-order chi connectivity index (χ0) is 13.9. The highest BCUT2D eigenvalue weighted by atomic mass is 79.9. The summed E-state index contributed by atoms with van der Waals surface area (Å²) in [6.07, 6.45) is 5.13. The van der Waals surface area contributed by atoms with Crippen LogP contribution in [0.5, 0.6) is 0 Å². The van der Waals surface area contributed by atoms with Gasteiger partial charge in [-0.25, -0.2) is 4.39 Å². The number of hydrogen-bond acceptors (Lipinski definition) is 2. The number of ether oxygens (including phenoxy) is 1. The molecule has 0 unspecified atom stereocenters. The third kappa shape index (κ3) is 3.23. The topological polar surface area (TPSA) is 26.3 Å². The number of Topliss-reactive ketones (excluding diaryl/α,β-unsaturated/α-hetero) is 1. The zero-order valence-electron chi connectivity index (χ0n) is 11.0. The Morgan fingerprint density at radius 1 is 1.37 bits per heavy atom. The molecule has 0 amide bonds. The van der Waals surface area contributed by atoms with Crippen LogP contribution < -0.4 is 0 Å². The van der Waals surface area contributed by atoms with Crippen LogP contribution in [0.25, 0.3) is 0 Å². The van der Waals surface area contributed by atoms with Crippen molar-refractivity contribution in [3.05, 3.63) is 34.1 Å². The molecule has 1 fully saturated rings. The quantitative estimate of drug-likeness (QED) is 0.833. The van der Waals surface area contributed by atoms with Crippen LogP contribution in [0.15, 0.2) is 22.7 Å². The van der Waals surface area contributed by atoms with Crippen LogP contribution in [0.2, 0.25) is 0 Å². The first-order valence-electron chi connectivity index (χ1n) is 6.60. The Morgan fingerprint density at radius 3 is 2.63 bits per heavy atom. The van der Waals surface area contributed by atoms with Crippen molar-refractivity contribution in [3.63, 3.8) is 0 Å². The molecule has 4 heteroatoms. The van der Waals surface area contributed by atoms with Gasteiger partial charge < -0.3 is 4.74 Å². The molecule has 1 aromatic rings. The minimum absolute atomic E-state index is 0.105. The van der Waals surface area contributed by atoms with Crippen LogP contribution in [0.4, 0.5) is 4.39 Å². The predicted octanol–water partition coefficient (Wildman–Crippen LogP) is 4.05. The summed E-state index contributed by atoms with van der Waals surface area (Å²) in [5.41, 5.74) is 0.194. The average Bonchev–Trinajstić information content (AvgIpc) is 2.43. The van der Waals surface area contributed by atoms with E-state index in [0.29, 0.717) is 10.9 Å². The molecule has 0 N–H and O–H groups in total. The van der Waals surface area contributed by atoms with Gasteiger partial charge in [-0.15, -0.1) is 0 Å². The van der Waals surface area contributed by atoms with Gasteiger partial charge in [-0.1, -0.05) is 25.3 Å². The Bertz CT molecular complexity index is 467. The average molecular weight is 329 g/mol. The smallest absolute Gasteiger partial charge is 0.168 e. The molecule has 0 bridgehead atoms. The Balaban J connectivity index is 2.12. The van der Waals surface area contributed by atoms with E-state index in [9.17, 15) is 9.18 Å². The van der Waals surface area contributed by atoms with E-state index < -0.39 is 5.60 Å². The first-order valence-corrected chi connectivity index (χ1v) is 7.39. The summed E-state index contributed by atoms with van der Waals surface area (Å²) in [5.74, 6) is -0.205. The second-order valence-electron chi connectivity index (χ2n) is 5.11. The van der Waals surface area contributed by atoms with Crippen LogP contribution in [0, 0.1) is 5.82 Å². The lowest BCUT2D eigenvalue weighted by Gasteiger charge is -2.34. The van der Waals surface area contributed by atoms with Crippen molar-refractivity contribution in [2.24, 2.45) is 0 Å². The maximum atomic E-state index is 13.2. The van der Waals surface area contributed by atoms with E-state index in [2.05, 4.69) is 15.9 Å². The zero-order valence-corrected chi connectivity index (χ0v) is 12.6. The highest BCUT2D eigenvalue weighted by Gasteiger charge is 2.38. The highest BCUT2D eigenvalue weighted by Crippen LogP contribution is 2.33. The molecule has 1 saturated carbocycles. The largest absolute Gasteiger partial charge is 0.370 e. The van der Waals surface area contributed by atoms with Crippen LogP contribution in [-0.4, -0.2) is 18.5 Å². The van der Waals surface area contributed by atoms with Crippen molar-refractivity contribution in [2.45, 2.75) is 44.1 Å². The molecule has 1 aromatic carbocycles. The number of rotatable bonds is 4. The third-order valence-corrected chi connectivity index (χ3v) is 4.52. The van der Waals surface area contributed by atoms with Crippen LogP contribution >= 0.6 is 15.9 Å². The lowest BCUT2D eigenvalue weighted by atomic mass is 9.79.